The molecule has 0 radical (unpaired) electrons. The molecule has 2 atom stereocenters. The molecule has 5 heteroatoms. The van der Waals surface area contributed by atoms with Gasteiger partial charge in [-0.15, -0.1) is 0 Å². The van der Waals surface area contributed by atoms with Crippen molar-refractivity contribution in [2.45, 2.75) is 31.4 Å². The van der Waals surface area contributed by atoms with E-state index in [1.165, 1.54) is 12.5 Å². The van der Waals surface area contributed by atoms with E-state index in [2.05, 4.69) is 26.9 Å². The van der Waals surface area contributed by atoms with E-state index in [-0.39, 0.29) is 0 Å². The lowest BCUT2D eigenvalue weighted by Crippen LogP contribution is -2.48. The molecule has 0 spiro atoms. The van der Waals surface area contributed by atoms with Crippen LogP contribution in [-0.2, 0) is 9.53 Å². The third kappa shape index (κ3) is 3.14. The van der Waals surface area contributed by atoms with Crippen LogP contribution >= 0.6 is 15.9 Å². The average Bonchev–Trinajstić information content (AvgIpc) is 2.94. The van der Waals surface area contributed by atoms with Crippen LogP contribution < -0.4 is 4.90 Å². The Morgan fingerprint density at radius 1 is 1.43 bits per heavy atom. The molecule has 0 amide bonds. The zero-order valence-corrected chi connectivity index (χ0v) is 13.3. The SMILES string of the molecule is O=C(O)C=Cc1ccc(Br)cc1N1CCOC2CCCC21. The highest BCUT2D eigenvalue weighted by Gasteiger charge is 2.36. The van der Waals surface area contributed by atoms with E-state index in [0.29, 0.717) is 12.1 Å². The van der Waals surface area contributed by atoms with Crippen molar-refractivity contribution in [1.82, 2.24) is 0 Å². The lowest BCUT2D eigenvalue weighted by atomic mass is 10.1. The fraction of sp³-hybridized carbons (Fsp3) is 0.438. The topological polar surface area (TPSA) is 49.8 Å². The van der Waals surface area contributed by atoms with Gasteiger partial charge in [0.25, 0.3) is 0 Å². The van der Waals surface area contributed by atoms with Crippen molar-refractivity contribution in [2.75, 3.05) is 18.1 Å². The molecule has 1 N–H and O–H groups in total. The summed E-state index contributed by atoms with van der Waals surface area (Å²) in [5, 5.41) is 8.85. The van der Waals surface area contributed by atoms with E-state index in [9.17, 15) is 4.79 Å². The molecule has 2 fully saturated rings. The molecule has 1 aliphatic carbocycles. The van der Waals surface area contributed by atoms with Gasteiger partial charge in [0.15, 0.2) is 0 Å². The number of halogens is 1. The highest BCUT2D eigenvalue weighted by atomic mass is 79.9. The van der Waals surface area contributed by atoms with E-state index in [1.54, 1.807) is 6.08 Å². The summed E-state index contributed by atoms with van der Waals surface area (Å²) in [7, 11) is 0. The number of hydrogen-bond acceptors (Lipinski definition) is 3. The van der Waals surface area contributed by atoms with Gasteiger partial charge < -0.3 is 14.7 Å². The van der Waals surface area contributed by atoms with E-state index >= 15 is 0 Å². The number of carboxylic acids is 1. The predicted molar refractivity (Wildman–Crippen MR) is 85.5 cm³/mol. The number of anilines is 1. The van der Waals surface area contributed by atoms with Crippen molar-refractivity contribution < 1.29 is 14.6 Å². The summed E-state index contributed by atoms with van der Waals surface area (Å²) in [4.78, 5) is 13.2. The van der Waals surface area contributed by atoms with Crippen molar-refractivity contribution in [1.29, 1.82) is 0 Å². The second-order valence-corrected chi connectivity index (χ2v) is 6.39. The first kappa shape index (κ1) is 14.6. The van der Waals surface area contributed by atoms with E-state index in [0.717, 1.165) is 41.7 Å². The van der Waals surface area contributed by atoms with Crippen LogP contribution in [0.25, 0.3) is 6.08 Å². The summed E-state index contributed by atoms with van der Waals surface area (Å²) < 4.78 is 6.86. The molecule has 1 aromatic carbocycles. The number of rotatable bonds is 3. The number of nitrogens with zero attached hydrogens (tertiary/aromatic N) is 1. The molecule has 1 saturated heterocycles. The molecule has 21 heavy (non-hydrogen) atoms. The molecule has 2 unspecified atom stereocenters. The highest BCUT2D eigenvalue weighted by Crippen LogP contribution is 2.36. The minimum Gasteiger partial charge on any atom is -0.478 e. The van der Waals surface area contributed by atoms with Gasteiger partial charge in [0, 0.05) is 22.8 Å². The Morgan fingerprint density at radius 3 is 3.10 bits per heavy atom. The van der Waals surface area contributed by atoms with Crippen LogP contribution in [0, 0.1) is 0 Å². The fourth-order valence-corrected chi connectivity index (χ4v) is 3.64. The number of carboxylic acid groups (broad SMARTS) is 1. The first-order valence-corrected chi connectivity index (χ1v) is 8.03. The monoisotopic (exact) mass is 351 g/mol. The molecule has 1 heterocycles. The number of morpholine rings is 1. The summed E-state index contributed by atoms with van der Waals surface area (Å²) in [6.07, 6.45) is 6.63. The second-order valence-electron chi connectivity index (χ2n) is 5.48. The molecule has 0 aromatic heterocycles. The number of fused-ring (bicyclic) bond motifs is 1. The molecule has 1 aromatic rings. The summed E-state index contributed by atoms with van der Waals surface area (Å²) in [6.45, 7) is 1.58. The van der Waals surface area contributed by atoms with Crippen LogP contribution in [0.5, 0.6) is 0 Å². The molecule has 112 valence electrons. The Bertz CT molecular complexity index is 573. The largest absolute Gasteiger partial charge is 0.478 e. The fourth-order valence-electron chi connectivity index (χ4n) is 3.29. The van der Waals surface area contributed by atoms with Crippen LogP contribution in [0.4, 0.5) is 5.69 Å². The minimum absolute atomic E-state index is 0.314. The van der Waals surface area contributed by atoms with E-state index in [4.69, 9.17) is 9.84 Å². The van der Waals surface area contributed by atoms with Crippen molar-refractivity contribution in [3.63, 3.8) is 0 Å². The van der Waals surface area contributed by atoms with E-state index < -0.39 is 5.97 Å². The van der Waals surface area contributed by atoms with Gasteiger partial charge in [-0.25, -0.2) is 4.79 Å². The maximum Gasteiger partial charge on any atom is 0.328 e. The van der Waals surface area contributed by atoms with Crippen molar-refractivity contribution in [2.24, 2.45) is 0 Å². The number of ether oxygens (including phenoxy) is 1. The van der Waals surface area contributed by atoms with Gasteiger partial charge >= 0.3 is 5.97 Å². The third-order valence-corrected chi connectivity index (χ3v) is 4.68. The van der Waals surface area contributed by atoms with Gasteiger partial charge in [0.05, 0.1) is 18.8 Å². The first-order chi connectivity index (χ1) is 10.1. The smallest absolute Gasteiger partial charge is 0.328 e. The Labute approximate surface area is 132 Å². The maximum absolute atomic E-state index is 10.8. The molecule has 4 nitrogen and oxygen atoms in total. The highest BCUT2D eigenvalue weighted by molar-refractivity contribution is 9.10. The molecular weight excluding hydrogens is 334 g/mol. The van der Waals surface area contributed by atoms with Gasteiger partial charge in [-0.05, 0) is 43.0 Å². The van der Waals surface area contributed by atoms with Crippen molar-refractivity contribution in [3.8, 4) is 0 Å². The van der Waals surface area contributed by atoms with Gasteiger partial charge in [-0.3, -0.25) is 0 Å². The maximum atomic E-state index is 10.8. The lowest BCUT2D eigenvalue weighted by Gasteiger charge is -2.40. The van der Waals surface area contributed by atoms with Crippen LogP contribution in [0.2, 0.25) is 0 Å². The van der Waals surface area contributed by atoms with Crippen LogP contribution in [0.3, 0.4) is 0 Å². The first-order valence-electron chi connectivity index (χ1n) is 7.24. The molecule has 1 aliphatic heterocycles. The van der Waals surface area contributed by atoms with Crippen LogP contribution in [-0.4, -0.2) is 36.4 Å². The average molecular weight is 352 g/mol. The Morgan fingerprint density at radius 2 is 2.29 bits per heavy atom. The predicted octanol–water partition coefficient (Wildman–Crippen LogP) is 3.30. The zero-order valence-electron chi connectivity index (χ0n) is 11.7. The summed E-state index contributed by atoms with van der Waals surface area (Å²) >= 11 is 3.52. The Kier molecular flexibility index (Phi) is 4.31. The normalized spacial score (nSPS) is 25.3. The standard InChI is InChI=1S/C16H18BrNO3/c17-12-6-4-11(5-7-16(19)20)14(10-12)18-8-9-21-15-3-1-2-13(15)18/h4-7,10,13,15H,1-3,8-9H2,(H,19,20). The van der Waals surface area contributed by atoms with Crippen LogP contribution in [0.15, 0.2) is 28.7 Å². The Balaban J connectivity index is 1.95. The van der Waals surface area contributed by atoms with Gasteiger partial charge in [0.2, 0.25) is 0 Å². The van der Waals surface area contributed by atoms with E-state index in [1.807, 2.05) is 12.1 Å². The molecular formula is C16H18BrNO3. The lowest BCUT2D eigenvalue weighted by molar-refractivity contribution is -0.131. The molecule has 3 rings (SSSR count). The number of benzene rings is 1. The third-order valence-electron chi connectivity index (χ3n) is 4.19. The van der Waals surface area contributed by atoms with Crippen molar-refractivity contribution >= 4 is 33.7 Å². The Hall–Kier alpha value is -1.33. The summed E-state index contributed by atoms with van der Waals surface area (Å²) in [5.74, 6) is -0.926. The molecule has 2 aliphatic rings. The molecule has 0 bridgehead atoms. The summed E-state index contributed by atoms with van der Waals surface area (Å²) in [5.41, 5.74) is 2.02. The summed E-state index contributed by atoms with van der Waals surface area (Å²) in [6, 6.07) is 6.38. The quantitative estimate of drug-likeness (QED) is 0.848. The molecule has 1 saturated carbocycles. The minimum atomic E-state index is -0.926. The zero-order chi connectivity index (χ0) is 14.8. The van der Waals surface area contributed by atoms with Gasteiger partial charge in [-0.1, -0.05) is 22.0 Å². The second kappa shape index (κ2) is 6.20. The van der Waals surface area contributed by atoms with Crippen molar-refractivity contribution in [3.05, 3.63) is 34.3 Å². The van der Waals surface area contributed by atoms with Gasteiger partial charge in [0.1, 0.15) is 0 Å². The number of carbonyl (C=O) groups is 1. The van der Waals surface area contributed by atoms with Crippen LogP contribution in [0.1, 0.15) is 24.8 Å². The van der Waals surface area contributed by atoms with Gasteiger partial charge in [-0.2, -0.15) is 0 Å². The number of hydrogen-bond donors (Lipinski definition) is 1. The number of aliphatic carboxylic acids is 1.